The number of rotatable bonds is 2. The third kappa shape index (κ3) is 2.58. The van der Waals surface area contributed by atoms with Gasteiger partial charge < -0.3 is 9.80 Å². The van der Waals surface area contributed by atoms with E-state index in [0.29, 0.717) is 6.04 Å². The molecular weight excluding hydrogens is 292 g/mol. The van der Waals surface area contributed by atoms with Crippen molar-refractivity contribution < 1.29 is 0 Å². The highest BCUT2D eigenvalue weighted by Crippen LogP contribution is 2.44. The van der Waals surface area contributed by atoms with Crippen LogP contribution < -0.4 is 9.80 Å². The number of anilines is 2. The molecule has 0 bridgehead atoms. The Morgan fingerprint density at radius 1 is 0.833 bits per heavy atom. The van der Waals surface area contributed by atoms with Gasteiger partial charge in [0.05, 0.1) is 12.2 Å². The first-order valence-corrected chi connectivity index (χ1v) is 9.37. The van der Waals surface area contributed by atoms with E-state index in [0.717, 1.165) is 6.67 Å². The lowest BCUT2D eigenvalue weighted by Gasteiger charge is -2.52. The van der Waals surface area contributed by atoms with Crippen molar-refractivity contribution >= 4 is 11.4 Å². The predicted octanol–water partition coefficient (Wildman–Crippen LogP) is 5.54. The van der Waals surface area contributed by atoms with Gasteiger partial charge >= 0.3 is 0 Å². The molecule has 0 saturated heterocycles. The highest BCUT2D eigenvalue weighted by Gasteiger charge is 2.39. The molecule has 1 heterocycles. The van der Waals surface area contributed by atoms with E-state index in [1.807, 2.05) is 0 Å². The SMILES string of the molecule is CC1(C)c2ccccc2N(C2CCCCC2)CN1c1ccccc1. The largest absolute Gasteiger partial charge is 0.350 e. The standard InChI is InChI=1S/C22H28N2/c1-22(2)20-15-9-10-16-21(20)23(18-11-5-3-6-12-18)17-24(22)19-13-7-4-8-14-19/h4,7-10,13-16,18H,3,5-6,11-12,17H2,1-2H3. The van der Waals surface area contributed by atoms with Crippen LogP contribution in [0, 0.1) is 0 Å². The zero-order valence-corrected chi connectivity index (χ0v) is 14.9. The molecule has 0 unspecified atom stereocenters. The average molecular weight is 320 g/mol. The van der Waals surface area contributed by atoms with E-state index in [1.54, 1.807) is 0 Å². The Kier molecular flexibility index (Phi) is 3.99. The molecular formula is C22H28N2. The zero-order valence-electron chi connectivity index (χ0n) is 14.9. The molecule has 2 aliphatic rings. The quantitative estimate of drug-likeness (QED) is 0.717. The predicted molar refractivity (Wildman–Crippen MR) is 103 cm³/mol. The minimum Gasteiger partial charge on any atom is -0.350 e. The molecule has 1 fully saturated rings. The summed E-state index contributed by atoms with van der Waals surface area (Å²) in [6.07, 6.45) is 6.81. The first kappa shape index (κ1) is 15.6. The smallest absolute Gasteiger partial charge is 0.0914 e. The highest BCUT2D eigenvalue weighted by molar-refractivity contribution is 5.66. The summed E-state index contributed by atoms with van der Waals surface area (Å²) in [6, 6.07) is 20.6. The Morgan fingerprint density at radius 3 is 2.25 bits per heavy atom. The lowest BCUT2D eigenvalue weighted by molar-refractivity contribution is 0.376. The van der Waals surface area contributed by atoms with Crippen molar-refractivity contribution in [3.8, 4) is 0 Å². The van der Waals surface area contributed by atoms with E-state index < -0.39 is 0 Å². The number of benzene rings is 2. The molecule has 2 aromatic rings. The minimum atomic E-state index is 0.00309. The van der Waals surface area contributed by atoms with Gasteiger partial charge in [0.15, 0.2) is 0 Å². The molecule has 2 aromatic carbocycles. The number of hydrogen-bond acceptors (Lipinski definition) is 2. The van der Waals surface area contributed by atoms with E-state index in [2.05, 4.69) is 78.2 Å². The second-order valence-corrected chi connectivity index (χ2v) is 7.74. The molecule has 126 valence electrons. The summed E-state index contributed by atoms with van der Waals surface area (Å²) in [4.78, 5) is 5.25. The van der Waals surface area contributed by atoms with Crippen LogP contribution in [0.5, 0.6) is 0 Å². The van der Waals surface area contributed by atoms with E-state index >= 15 is 0 Å². The van der Waals surface area contributed by atoms with Gasteiger partial charge in [-0.15, -0.1) is 0 Å². The van der Waals surface area contributed by atoms with Gasteiger partial charge in [0.1, 0.15) is 0 Å². The Morgan fingerprint density at radius 2 is 1.50 bits per heavy atom. The van der Waals surface area contributed by atoms with Gasteiger partial charge in [-0.2, -0.15) is 0 Å². The van der Waals surface area contributed by atoms with Crippen LogP contribution in [0.4, 0.5) is 11.4 Å². The van der Waals surface area contributed by atoms with Crippen LogP contribution >= 0.6 is 0 Å². The lowest BCUT2D eigenvalue weighted by atomic mass is 9.85. The summed E-state index contributed by atoms with van der Waals surface area (Å²) in [5.41, 5.74) is 4.22. The summed E-state index contributed by atoms with van der Waals surface area (Å²) < 4.78 is 0. The summed E-state index contributed by atoms with van der Waals surface area (Å²) in [7, 11) is 0. The van der Waals surface area contributed by atoms with Crippen molar-refractivity contribution in [2.75, 3.05) is 16.5 Å². The molecule has 24 heavy (non-hydrogen) atoms. The minimum absolute atomic E-state index is 0.00309. The molecule has 2 nitrogen and oxygen atoms in total. The molecule has 0 N–H and O–H groups in total. The van der Waals surface area contributed by atoms with Crippen LogP contribution in [0.15, 0.2) is 54.6 Å². The third-order valence-electron chi connectivity index (χ3n) is 5.92. The Bertz CT molecular complexity index is 686. The van der Waals surface area contributed by atoms with Crippen LogP contribution in [-0.4, -0.2) is 12.7 Å². The molecule has 2 heteroatoms. The van der Waals surface area contributed by atoms with Gasteiger partial charge in [0.2, 0.25) is 0 Å². The van der Waals surface area contributed by atoms with E-state index in [-0.39, 0.29) is 5.54 Å². The third-order valence-corrected chi connectivity index (χ3v) is 5.92. The van der Waals surface area contributed by atoms with Crippen LogP contribution in [0.1, 0.15) is 51.5 Å². The number of fused-ring (bicyclic) bond motifs is 1. The van der Waals surface area contributed by atoms with Crippen LogP contribution in [-0.2, 0) is 5.54 Å². The summed E-state index contributed by atoms with van der Waals surface area (Å²) >= 11 is 0. The van der Waals surface area contributed by atoms with E-state index in [4.69, 9.17) is 0 Å². The van der Waals surface area contributed by atoms with Gasteiger partial charge in [0.25, 0.3) is 0 Å². The first-order chi connectivity index (χ1) is 11.7. The second kappa shape index (κ2) is 6.16. The molecule has 4 rings (SSSR count). The molecule has 1 saturated carbocycles. The van der Waals surface area contributed by atoms with Crippen LogP contribution in [0.3, 0.4) is 0 Å². The van der Waals surface area contributed by atoms with Gasteiger partial charge in [-0.3, -0.25) is 0 Å². The van der Waals surface area contributed by atoms with Crippen molar-refractivity contribution in [3.63, 3.8) is 0 Å². The normalized spacial score (nSPS) is 20.8. The number of para-hydroxylation sites is 2. The van der Waals surface area contributed by atoms with Crippen molar-refractivity contribution in [1.82, 2.24) is 0 Å². The number of hydrogen-bond donors (Lipinski definition) is 0. The fraction of sp³-hybridized carbons (Fsp3) is 0.455. The van der Waals surface area contributed by atoms with Gasteiger partial charge in [0, 0.05) is 23.0 Å². The Balaban J connectivity index is 1.78. The molecule has 0 atom stereocenters. The lowest BCUT2D eigenvalue weighted by Crippen LogP contribution is -2.56. The van der Waals surface area contributed by atoms with Crippen molar-refractivity contribution in [2.45, 2.75) is 57.5 Å². The fourth-order valence-electron chi connectivity index (χ4n) is 4.51. The monoisotopic (exact) mass is 320 g/mol. The van der Waals surface area contributed by atoms with Crippen LogP contribution in [0.2, 0.25) is 0 Å². The van der Waals surface area contributed by atoms with Crippen molar-refractivity contribution in [1.29, 1.82) is 0 Å². The highest BCUT2D eigenvalue weighted by atomic mass is 15.4. The maximum absolute atomic E-state index is 2.67. The summed E-state index contributed by atoms with van der Waals surface area (Å²) in [5, 5.41) is 0. The van der Waals surface area contributed by atoms with Gasteiger partial charge in [-0.1, -0.05) is 55.7 Å². The second-order valence-electron chi connectivity index (χ2n) is 7.74. The topological polar surface area (TPSA) is 6.48 Å². The maximum atomic E-state index is 2.67. The number of nitrogens with zero attached hydrogens (tertiary/aromatic N) is 2. The molecule has 1 aliphatic carbocycles. The molecule has 0 radical (unpaired) electrons. The van der Waals surface area contributed by atoms with Crippen LogP contribution in [0.25, 0.3) is 0 Å². The van der Waals surface area contributed by atoms with E-state index in [1.165, 1.54) is 49.0 Å². The molecule has 0 aromatic heterocycles. The molecule has 0 amide bonds. The molecule has 0 spiro atoms. The zero-order chi connectivity index (χ0) is 16.6. The summed E-state index contributed by atoms with van der Waals surface area (Å²) in [5.74, 6) is 0. The van der Waals surface area contributed by atoms with Crippen molar-refractivity contribution in [2.24, 2.45) is 0 Å². The Hall–Kier alpha value is -1.96. The van der Waals surface area contributed by atoms with Gasteiger partial charge in [-0.05, 0) is 44.9 Å². The first-order valence-electron chi connectivity index (χ1n) is 9.37. The summed E-state index contributed by atoms with van der Waals surface area (Å²) in [6.45, 7) is 5.70. The average Bonchev–Trinajstić information content (AvgIpc) is 2.63. The van der Waals surface area contributed by atoms with Gasteiger partial charge in [-0.25, -0.2) is 0 Å². The maximum Gasteiger partial charge on any atom is 0.0914 e. The Labute approximate surface area is 146 Å². The van der Waals surface area contributed by atoms with Crippen molar-refractivity contribution in [3.05, 3.63) is 60.2 Å². The van der Waals surface area contributed by atoms with E-state index in [9.17, 15) is 0 Å². The fourth-order valence-corrected chi connectivity index (χ4v) is 4.51. The molecule has 1 aliphatic heterocycles.